The van der Waals surface area contributed by atoms with Crippen LogP contribution in [0.3, 0.4) is 0 Å². The second kappa shape index (κ2) is 12.7. The van der Waals surface area contributed by atoms with Crippen LogP contribution < -0.4 is 21.3 Å². The monoisotopic (exact) mass is 551 g/mol. The van der Waals surface area contributed by atoms with Crippen LogP contribution in [0.1, 0.15) is 64.9 Å². The molecule has 11 nitrogen and oxygen atoms in total. The number of pyridine rings is 1. The molecule has 4 N–H and O–H groups in total. The number of carbonyl (C=O) groups is 4. The number of carbonyl (C=O) groups excluding carboxylic acids is 4. The van der Waals surface area contributed by atoms with E-state index in [2.05, 4.69) is 32.3 Å². The van der Waals surface area contributed by atoms with Crippen molar-refractivity contribution in [2.24, 2.45) is 23.2 Å². The third-order valence-electron chi connectivity index (χ3n) is 8.42. The minimum absolute atomic E-state index is 0.00223. The summed E-state index contributed by atoms with van der Waals surface area (Å²) in [4.78, 5) is 58.4. The molecule has 1 saturated carbocycles. The molecular formula is C29H41N7O4. The summed E-state index contributed by atoms with van der Waals surface area (Å²) in [5, 5.41) is 21.1. The molecular weight excluding hydrogens is 510 g/mol. The van der Waals surface area contributed by atoms with E-state index < -0.39 is 29.6 Å². The van der Waals surface area contributed by atoms with Gasteiger partial charge in [-0.25, -0.2) is 4.79 Å². The Kier molecular flexibility index (Phi) is 9.28. The number of likely N-dealkylation sites (tertiary alicyclic amines) is 1. The summed E-state index contributed by atoms with van der Waals surface area (Å²) in [5.74, 6) is -0.871. The summed E-state index contributed by atoms with van der Waals surface area (Å²) in [6.07, 6.45) is 7.81. The largest absolute Gasteiger partial charge is 0.356 e. The fourth-order valence-electron chi connectivity index (χ4n) is 6.29. The van der Waals surface area contributed by atoms with Gasteiger partial charge < -0.3 is 26.2 Å². The molecule has 0 aromatic carbocycles. The fourth-order valence-corrected chi connectivity index (χ4v) is 6.29. The summed E-state index contributed by atoms with van der Waals surface area (Å²) in [6, 6.07) is 2.86. The number of amides is 5. The van der Waals surface area contributed by atoms with Gasteiger partial charge in [-0.1, -0.05) is 27.2 Å². The molecule has 40 heavy (non-hydrogen) atoms. The highest BCUT2D eigenvalue weighted by atomic mass is 16.2. The van der Waals surface area contributed by atoms with E-state index in [0.717, 1.165) is 31.2 Å². The summed E-state index contributed by atoms with van der Waals surface area (Å²) >= 11 is 0. The number of nitrogens with zero attached hydrogens (tertiary/aromatic N) is 3. The van der Waals surface area contributed by atoms with Crippen LogP contribution in [-0.4, -0.2) is 64.9 Å². The van der Waals surface area contributed by atoms with Gasteiger partial charge in [-0.2, -0.15) is 5.26 Å². The summed E-state index contributed by atoms with van der Waals surface area (Å²) < 4.78 is 0. The molecule has 6 atom stereocenters. The van der Waals surface area contributed by atoms with Crippen molar-refractivity contribution in [1.82, 2.24) is 31.2 Å². The number of hydrogen-bond acceptors (Lipinski definition) is 6. The molecule has 4 rings (SSSR count). The predicted octanol–water partition coefficient (Wildman–Crippen LogP) is 1.85. The molecule has 3 fully saturated rings. The number of aromatic nitrogens is 1. The Balaban J connectivity index is 1.46. The molecule has 11 heteroatoms. The lowest BCUT2D eigenvalue weighted by Gasteiger charge is -2.36. The van der Waals surface area contributed by atoms with Crippen molar-refractivity contribution >= 4 is 23.8 Å². The number of hydrogen-bond donors (Lipinski definition) is 4. The highest BCUT2D eigenvalue weighted by Gasteiger charge is 2.52. The van der Waals surface area contributed by atoms with Crippen molar-refractivity contribution in [3.63, 3.8) is 0 Å². The third kappa shape index (κ3) is 6.90. The van der Waals surface area contributed by atoms with Gasteiger partial charge in [-0.3, -0.25) is 19.4 Å². The van der Waals surface area contributed by atoms with Crippen molar-refractivity contribution in [3.05, 3.63) is 30.1 Å². The molecule has 2 aliphatic heterocycles. The Morgan fingerprint density at radius 1 is 1.15 bits per heavy atom. The van der Waals surface area contributed by atoms with Crippen LogP contribution in [0.2, 0.25) is 0 Å². The lowest BCUT2D eigenvalue weighted by molar-refractivity contribution is -0.143. The van der Waals surface area contributed by atoms with E-state index in [-0.39, 0.29) is 48.4 Å². The quantitative estimate of drug-likeness (QED) is 0.386. The van der Waals surface area contributed by atoms with Gasteiger partial charge in [0, 0.05) is 37.9 Å². The van der Waals surface area contributed by atoms with E-state index in [1.165, 1.54) is 0 Å². The molecule has 216 valence electrons. The van der Waals surface area contributed by atoms with E-state index >= 15 is 0 Å². The van der Waals surface area contributed by atoms with E-state index in [4.69, 9.17) is 0 Å². The van der Waals surface area contributed by atoms with Crippen molar-refractivity contribution < 1.29 is 19.2 Å². The molecule has 3 heterocycles. The molecule has 5 amide bonds. The van der Waals surface area contributed by atoms with Crippen molar-refractivity contribution in [2.45, 2.75) is 84.0 Å². The first kappa shape index (κ1) is 29.3. The van der Waals surface area contributed by atoms with Gasteiger partial charge in [0.05, 0.1) is 6.07 Å². The Labute approximate surface area is 235 Å². The molecule has 1 aliphatic carbocycles. The molecule has 1 aromatic rings. The van der Waals surface area contributed by atoms with E-state index in [1.54, 1.807) is 29.4 Å². The minimum atomic E-state index is -0.864. The average molecular weight is 552 g/mol. The van der Waals surface area contributed by atoms with Crippen molar-refractivity contribution in [2.75, 3.05) is 13.1 Å². The minimum Gasteiger partial charge on any atom is -0.356 e. The van der Waals surface area contributed by atoms with Crippen LogP contribution in [0.4, 0.5) is 4.79 Å². The number of nitrogens with one attached hydrogen (secondary N) is 4. The van der Waals surface area contributed by atoms with Crippen molar-refractivity contribution in [3.8, 4) is 6.07 Å². The first-order valence-electron chi connectivity index (χ1n) is 14.3. The standard InChI is InChI=1S/C29H41N7O4/c1-29(2,3)24(35-28(40)33-16-18-9-12-31-13-10-18)27(39)36-17-20-6-4-8-22(20)23(36)26(38)34-21(15-30)14-19-7-5-11-32-25(19)37/h9-10,12-13,19-24H,4-8,11,14,16-17H2,1-3H3,(H,32,37)(H,34,38)(H2,33,35,40)/t19-,20-,21-,22-,23-,24+/m0/s1. The number of rotatable bonds is 8. The molecule has 0 unspecified atom stereocenters. The van der Waals surface area contributed by atoms with Gasteiger partial charge >= 0.3 is 6.03 Å². The molecule has 0 spiro atoms. The number of urea groups is 1. The zero-order valence-corrected chi connectivity index (χ0v) is 23.6. The maximum absolute atomic E-state index is 14.0. The number of nitriles is 1. The van der Waals surface area contributed by atoms with Crippen LogP contribution >= 0.6 is 0 Å². The third-order valence-corrected chi connectivity index (χ3v) is 8.42. The second-order valence-corrected chi connectivity index (χ2v) is 12.3. The second-order valence-electron chi connectivity index (χ2n) is 12.3. The molecule has 2 saturated heterocycles. The normalized spacial score (nSPS) is 25.6. The number of piperidine rings is 1. The summed E-state index contributed by atoms with van der Waals surface area (Å²) in [5.41, 5.74) is 0.263. The molecule has 0 bridgehead atoms. The van der Waals surface area contributed by atoms with Crippen LogP contribution in [0.5, 0.6) is 0 Å². The Bertz CT molecular complexity index is 1130. The van der Waals surface area contributed by atoms with Crippen molar-refractivity contribution in [1.29, 1.82) is 5.26 Å². The topological polar surface area (TPSA) is 156 Å². The highest BCUT2D eigenvalue weighted by Crippen LogP contribution is 2.43. The smallest absolute Gasteiger partial charge is 0.315 e. The Hall–Kier alpha value is -3.68. The molecule has 3 aliphatic rings. The SMILES string of the molecule is CC(C)(C)[C@H](NC(=O)NCc1ccncc1)C(=O)N1C[C@@H]2CCC[C@@H]2[C@H]1C(=O)N[C@H](C#N)C[C@@H]1CCCNC1=O. The van der Waals surface area contributed by atoms with E-state index in [9.17, 15) is 24.4 Å². The van der Waals surface area contributed by atoms with Crippen LogP contribution in [0.15, 0.2) is 24.5 Å². The van der Waals surface area contributed by atoms with E-state index in [1.807, 2.05) is 20.8 Å². The average Bonchev–Trinajstić information content (AvgIpc) is 3.52. The van der Waals surface area contributed by atoms with Gasteiger partial charge in [-0.05, 0) is 67.1 Å². The Morgan fingerprint density at radius 3 is 2.58 bits per heavy atom. The predicted molar refractivity (Wildman–Crippen MR) is 147 cm³/mol. The Morgan fingerprint density at radius 2 is 1.90 bits per heavy atom. The first-order chi connectivity index (χ1) is 19.1. The van der Waals surface area contributed by atoms with E-state index in [0.29, 0.717) is 19.5 Å². The molecule has 0 radical (unpaired) electrons. The van der Waals surface area contributed by atoms with Gasteiger partial charge in [0.1, 0.15) is 18.1 Å². The lowest BCUT2D eigenvalue weighted by Crippen LogP contribution is -2.60. The van der Waals surface area contributed by atoms with Gasteiger partial charge in [-0.15, -0.1) is 0 Å². The van der Waals surface area contributed by atoms with Gasteiger partial charge in [0.15, 0.2) is 0 Å². The highest BCUT2D eigenvalue weighted by molar-refractivity contribution is 5.93. The maximum atomic E-state index is 14.0. The van der Waals surface area contributed by atoms with Crippen LogP contribution in [-0.2, 0) is 20.9 Å². The van der Waals surface area contributed by atoms with Crippen LogP contribution in [0.25, 0.3) is 0 Å². The van der Waals surface area contributed by atoms with Gasteiger partial charge in [0.25, 0.3) is 0 Å². The zero-order valence-electron chi connectivity index (χ0n) is 23.6. The summed E-state index contributed by atoms with van der Waals surface area (Å²) in [6.45, 7) is 7.00. The van der Waals surface area contributed by atoms with Gasteiger partial charge in [0.2, 0.25) is 17.7 Å². The maximum Gasteiger partial charge on any atom is 0.315 e. The molecule has 1 aromatic heterocycles. The lowest BCUT2D eigenvalue weighted by atomic mass is 9.85. The number of fused-ring (bicyclic) bond motifs is 1. The fraction of sp³-hybridized carbons (Fsp3) is 0.655. The zero-order chi connectivity index (χ0) is 28.9. The summed E-state index contributed by atoms with van der Waals surface area (Å²) in [7, 11) is 0. The van der Waals surface area contributed by atoms with Crippen LogP contribution in [0, 0.1) is 34.5 Å². The first-order valence-corrected chi connectivity index (χ1v) is 14.3.